The second-order valence-corrected chi connectivity index (χ2v) is 8.33. The summed E-state index contributed by atoms with van der Waals surface area (Å²) in [5, 5.41) is 7.19. The normalized spacial score (nSPS) is 11.2. The van der Waals surface area contributed by atoms with Crippen LogP contribution in [0.3, 0.4) is 0 Å². The maximum absolute atomic E-state index is 13.0. The Kier molecular flexibility index (Phi) is 6.71. The molecule has 4 aromatic rings. The number of alkyl halides is 3. The van der Waals surface area contributed by atoms with E-state index in [4.69, 9.17) is 16.3 Å². The van der Waals surface area contributed by atoms with Crippen LogP contribution in [0.25, 0.3) is 10.7 Å². The van der Waals surface area contributed by atoms with Crippen molar-refractivity contribution >= 4 is 40.3 Å². The zero-order valence-corrected chi connectivity index (χ0v) is 19.1. The Morgan fingerprint density at radius 3 is 2.38 bits per heavy atom. The molecule has 0 aliphatic carbocycles. The van der Waals surface area contributed by atoms with E-state index in [0.29, 0.717) is 22.9 Å². The zero-order chi connectivity index (χ0) is 24.3. The number of hydrogen-bond acceptors (Lipinski definition) is 5. The molecule has 0 unspecified atom stereocenters. The molecule has 0 fully saturated rings. The van der Waals surface area contributed by atoms with E-state index < -0.39 is 22.8 Å². The molecule has 0 saturated heterocycles. The SMILES string of the molecule is Cc1csc(-c2cc(Oc3ccc(NC(=O)Nc4ccc(Cl)c(C(F)(F)F)c4)cc3)ccn2)n1. The van der Waals surface area contributed by atoms with Crippen molar-refractivity contribution in [1.82, 2.24) is 9.97 Å². The molecule has 11 heteroatoms. The van der Waals surface area contributed by atoms with Gasteiger partial charge in [0.2, 0.25) is 0 Å². The second kappa shape index (κ2) is 9.70. The van der Waals surface area contributed by atoms with Gasteiger partial charge in [0, 0.05) is 34.7 Å². The lowest BCUT2D eigenvalue weighted by Gasteiger charge is -2.12. The van der Waals surface area contributed by atoms with Crippen molar-refractivity contribution in [2.75, 3.05) is 10.6 Å². The van der Waals surface area contributed by atoms with E-state index in [0.717, 1.165) is 22.8 Å². The molecule has 174 valence electrons. The molecule has 2 aromatic heterocycles. The zero-order valence-electron chi connectivity index (χ0n) is 17.5. The first-order chi connectivity index (χ1) is 16.2. The van der Waals surface area contributed by atoms with Gasteiger partial charge in [-0.2, -0.15) is 13.2 Å². The molecule has 2 aromatic carbocycles. The number of halogens is 4. The van der Waals surface area contributed by atoms with Crippen LogP contribution in [0.2, 0.25) is 5.02 Å². The molecule has 0 spiro atoms. The molecule has 2 amide bonds. The predicted molar refractivity (Wildman–Crippen MR) is 126 cm³/mol. The summed E-state index contributed by atoms with van der Waals surface area (Å²) in [5.74, 6) is 1.09. The van der Waals surface area contributed by atoms with Crippen molar-refractivity contribution in [2.45, 2.75) is 13.1 Å². The molecular formula is C23H16ClF3N4O2S. The van der Waals surface area contributed by atoms with Crippen LogP contribution in [0.1, 0.15) is 11.3 Å². The van der Waals surface area contributed by atoms with Gasteiger partial charge in [0.05, 0.1) is 10.6 Å². The smallest absolute Gasteiger partial charge is 0.417 e. The number of carbonyl (C=O) groups excluding carboxylic acids is 1. The summed E-state index contributed by atoms with van der Waals surface area (Å²) in [7, 11) is 0. The highest BCUT2D eigenvalue weighted by atomic mass is 35.5. The van der Waals surface area contributed by atoms with Gasteiger partial charge in [-0.15, -0.1) is 11.3 Å². The number of carbonyl (C=O) groups is 1. The molecule has 2 N–H and O–H groups in total. The number of pyridine rings is 1. The summed E-state index contributed by atoms with van der Waals surface area (Å²) in [5.41, 5.74) is 0.956. The van der Waals surface area contributed by atoms with Crippen molar-refractivity contribution in [3.05, 3.63) is 82.5 Å². The minimum absolute atomic E-state index is 0.0434. The number of rotatable bonds is 5. The van der Waals surface area contributed by atoms with Gasteiger partial charge >= 0.3 is 12.2 Å². The van der Waals surface area contributed by atoms with Gasteiger partial charge in [-0.05, 0) is 55.5 Å². The highest BCUT2D eigenvalue weighted by Gasteiger charge is 2.33. The van der Waals surface area contributed by atoms with Crippen LogP contribution in [0, 0.1) is 6.92 Å². The van der Waals surface area contributed by atoms with Crippen molar-refractivity contribution in [2.24, 2.45) is 0 Å². The van der Waals surface area contributed by atoms with Gasteiger partial charge in [-0.1, -0.05) is 11.6 Å². The maximum atomic E-state index is 13.0. The Balaban J connectivity index is 1.38. The van der Waals surface area contributed by atoms with Crippen LogP contribution in [0.5, 0.6) is 11.5 Å². The average molecular weight is 505 g/mol. The summed E-state index contributed by atoms with van der Waals surface area (Å²) < 4.78 is 44.8. The predicted octanol–water partition coefficient (Wildman–Crippen LogP) is 7.62. The first kappa shape index (κ1) is 23.5. The number of anilines is 2. The van der Waals surface area contributed by atoms with E-state index in [9.17, 15) is 18.0 Å². The molecule has 6 nitrogen and oxygen atoms in total. The number of hydrogen-bond donors (Lipinski definition) is 2. The number of benzene rings is 2. The van der Waals surface area contributed by atoms with Gasteiger partial charge < -0.3 is 15.4 Å². The Bertz CT molecular complexity index is 1330. The van der Waals surface area contributed by atoms with Crippen molar-refractivity contribution in [3.63, 3.8) is 0 Å². The van der Waals surface area contributed by atoms with Crippen LogP contribution in [-0.4, -0.2) is 16.0 Å². The summed E-state index contributed by atoms with van der Waals surface area (Å²) in [6, 6.07) is 12.4. The second-order valence-electron chi connectivity index (χ2n) is 7.07. The number of nitrogens with zero attached hydrogens (tertiary/aromatic N) is 2. The van der Waals surface area contributed by atoms with E-state index in [2.05, 4.69) is 20.6 Å². The van der Waals surface area contributed by atoms with E-state index >= 15 is 0 Å². The Morgan fingerprint density at radius 2 is 1.71 bits per heavy atom. The fraction of sp³-hybridized carbons (Fsp3) is 0.0870. The third-order valence-electron chi connectivity index (χ3n) is 4.45. The number of aryl methyl sites for hydroxylation is 1. The third-order valence-corrected chi connectivity index (χ3v) is 5.76. The number of thiazole rings is 1. The molecule has 4 rings (SSSR count). The number of ether oxygens (including phenoxy) is 1. The topological polar surface area (TPSA) is 76.1 Å². The quantitative estimate of drug-likeness (QED) is 0.293. The molecule has 0 saturated carbocycles. The summed E-state index contributed by atoms with van der Waals surface area (Å²) in [6.45, 7) is 1.91. The van der Waals surface area contributed by atoms with E-state index in [-0.39, 0.29) is 5.69 Å². The molecule has 0 aliphatic heterocycles. The Morgan fingerprint density at radius 1 is 1.00 bits per heavy atom. The van der Waals surface area contributed by atoms with Crippen LogP contribution in [-0.2, 0) is 6.18 Å². The molecule has 0 radical (unpaired) electrons. The van der Waals surface area contributed by atoms with Crippen molar-refractivity contribution in [1.29, 1.82) is 0 Å². The highest BCUT2D eigenvalue weighted by molar-refractivity contribution is 7.13. The van der Waals surface area contributed by atoms with E-state index in [1.165, 1.54) is 17.4 Å². The van der Waals surface area contributed by atoms with Crippen molar-refractivity contribution in [3.8, 4) is 22.2 Å². The lowest BCUT2D eigenvalue weighted by atomic mass is 10.2. The molecule has 0 atom stereocenters. The molecule has 2 heterocycles. The van der Waals surface area contributed by atoms with Gasteiger partial charge in [-0.3, -0.25) is 4.98 Å². The third kappa shape index (κ3) is 5.83. The highest BCUT2D eigenvalue weighted by Crippen LogP contribution is 2.36. The van der Waals surface area contributed by atoms with Crippen molar-refractivity contribution < 1.29 is 22.7 Å². The first-order valence-corrected chi connectivity index (χ1v) is 11.0. The summed E-state index contributed by atoms with van der Waals surface area (Å²) in [6.07, 6.45) is -3.00. The molecule has 0 bridgehead atoms. The first-order valence-electron chi connectivity index (χ1n) is 9.78. The summed E-state index contributed by atoms with van der Waals surface area (Å²) >= 11 is 7.09. The van der Waals surface area contributed by atoms with Gasteiger partial charge in [0.25, 0.3) is 0 Å². The lowest BCUT2D eigenvalue weighted by molar-refractivity contribution is -0.137. The van der Waals surface area contributed by atoms with Crippen LogP contribution >= 0.6 is 22.9 Å². The average Bonchev–Trinajstić information content (AvgIpc) is 3.22. The molecule has 34 heavy (non-hydrogen) atoms. The molecular weight excluding hydrogens is 489 g/mol. The standard InChI is InChI=1S/C23H16ClF3N4O2S/c1-13-12-34-21(29-13)20-11-17(8-9-28-20)33-16-5-2-14(3-6-16)30-22(32)31-15-4-7-19(24)18(10-15)23(25,26)27/h2-12H,1H3,(H2,30,31,32). The number of nitrogens with one attached hydrogen (secondary N) is 2. The number of urea groups is 1. The van der Waals surface area contributed by atoms with Crippen LogP contribution in [0.15, 0.2) is 66.2 Å². The largest absolute Gasteiger partial charge is 0.457 e. The Labute approximate surface area is 201 Å². The minimum atomic E-state index is -4.63. The Hall–Kier alpha value is -3.63. The fourth-order valence-electron chi connectivity index (χ4n) is 2.92. The maximum Gasteiger partial charge on any atom is 0.417 e. The summed E-state index contributed by atoms with van der Waals surface area (Å²) in [4.78, 5) is 20.9. The lowest BCUT2D eigenvalue weighted by Crippen LogP contribution is -2.19. The fourth-order valence-corrected chi connectivity index (χ4v) is 3.91. The van der Waals surface area contributed by atoms with Gasteiger partial charge in [0.1, 0.15) is 22.2 Å². The van der Waals surface area contributed by atoms with Gasteiger partial charge in [0.15, 0.2) is 0 Å². The van der Waals surface area contributed by atoms with Crippen LogP contribution < -0.4 is 15.4 Å². The minimum Gasteiger partial charge on any atom is -0.457 e. The van der Waals surface area contributed by atoms with Crippen LogP contribution in [0.4, 0.5) is 29.3 Å². The monoisotopic (exact) mass is 504 g/mol. The molecule has 0 aliphatic rings. The van der Waals surface area contributed by atoms with E-state index in [1.807, 2.05) is 12.3 Å². The number of aromatic nitrogens is 2. The van der Waals surface area contributed by atoms with E-state index in [1.54, 1.807) is 42.6 Å². The van der Waals surface area contributed by atoms with Gasteiger partial charge in [-0.25, -0.2) is 9.78 Å². The number of amides is 2.